The molecule has 32 heavy (non-hydrogen) atoms. The van der Waals surface area contributed by atoms with Crippen molar-refractivity contribution in [1.29, 1.82) is 5.26 Å². The number of rotatable bonds is 5. The summed E-state index contributed by atoms with van der Waals surface area (Å²) in [7, 11) is 3.38. The van der Waals surface area contributed by atoms with Crippen LogP contribution in [0, 0.1) is 11.3 Å². The van der Waals surface area contributed by atoms with Crippen LogP contribution in [0.4, 0.5) is 0 Å². The number of nitriles is 1. The first-order chi connectivity index (χ1) is 15.5. The minimum Gasteiger partial charge on any atom is -0.493 e. The third-order valence-electron chi connectivity index (χ3n) is 5.98. The number of halogens is 1. The molecule has 0 bridgehead atoms. The maximum absolute atomic E-state index is 13.0. The second-order valence-corrected chi connectivity index (χ2v) is 8.70. The first-order valence-electron chi connectivity index (χ1n) is 10.4. The van der Waals surface area contributed by atoms with Crippen molar-refractivity contribution in [3.05, 3.63) is 80.7 Å². The maximum Gasteiger partial charge on any atom is 0.175 e. The van der Waals surface area contributed by atoms with Crippen LogP contribution in [0.15, 0.2) is 69.6 Å². The number of benzene rings is 2. The molecule has 0 saturated heterocycles. The van der Waals surface area contributed by atoms with E-state index in [0.717, 1.165) is 29.7 Å². The minimum absolute atomic E-state index is 0.0582. The van der Waals surface area contributed by atoms with Crippen molar-refractivity contribution >= 4 is 21.7 Å². The lowest BCUT2D eigenvalue weighted by atomic mass is 9.76. The van der Waals surface area contributed by atoms with Crippen LogP contribution in [0.25, 0.3) is 0 Å². The standard InChI is InChI=1S/C25H24BrN3O3/c1-29-19-9-6-10-20(30)23(19)22(17(13-27)25(29)28)16-11-18(26)24(21(12-16)31-2)32-14-15-7-4-3-5-8-15/h3-5,7-8,11-12,22H,6,9-10,14,28H2,1-2H3/t22-/m0/s1. The van der Waals surface area contributed by atoms with Gasteiger partial charge in [-0.25, -0.2) is 0 Å². The molecular weight excluding hydrogens is 470 g/mol. The molecule has 0 aromatic heterocycles. The highest BCUT2D eigenvalue weighted by Gasteiger charge is 2.39. The smallest absolute Gasteiger partial charge is 0.175 e. The Morgan fingerprint density at radius 2 is 2.00 bits per heavy atom. The summed E-state index contributed by atoms with van der Waals surface area (Å²) in [6.07, 6.45) is 2.01. The van der Waals surface area contributed by atoms with E-state index in [-0.39, 0.29) is 5.78 Å². The molecule has 0 fully saturated rings. The molecule has 0 saturated carbocycles. The molecule has 0 unspecified atom stereocenters. The van der Waals surface area contributed by atoms with E-state index in [1.807, 2.05) is 49.5 Å². The fourth-order valence-electron chi connectivity index (χ4n) is 4.37. The van der Waals surface area contributed by atoms with Gasteiger partial charge in [0.25, 0.3) is 0 Å². The molecule has 1 atom stereocenters. The van der Waals surface area contributed by atoms with Gasteiger partial charge in [-0.3, -0.25) is 4.79 Å². The molecule has 164 valence electrons. The highest BCUT2D eigenvalue weighted by atomic mass is 79.9. The van der Waals surface area contributed by atoms with Crippen LogP contribution >= 0.6 is 15.9 Å². The Morgan fingerprint density at radius 1 is 1.25 bits per heavy atom. The number of hydrogen-bond acceptors (Lipinski definition) is 6. The van der Waals surface area contributed by atoms with Gasteiger partial charge in [0.2, 0.25) is 0 Å². The summed E-state index contributed by atoms with van der Waals surface area (Å²) >= 11 is 3.60. The third kappa shape index (κ3) is 3.87. The molecule has 7 heteroatoms. The zero-order valence-electron chi connectivity index (χ0n) is 18.0. The Kier molecular flexibility index (Phi) is 6.24. The molecule has 1 aliphatic heterocycles. The Bertz CT molecular complexity index is 1160. The molecule has 4 rings (SSSR count). The van der Waals surface area contributed by atoms with E-state index in [4.69, 9.17) is 15.2 Å². The predicted octanol–water partition coefficient (Wildman–Crippen LogP) is 4.77. The average molecular weight is 494 g/mol. The number of nitrogens with zero attached hydrogens (tertiary/aromatic N) is 2. The maximum atomic E-state index is 13.0. The molecule has 1 heterocycles. The van der Waals surface area contributed by atoms with E-state index in [0.29, 0.717) is 46.0 Å². The first kappa shape index (κ1) is 22.0. The molecule has 0 spiro atoms. The van der Waals surface area contributed by atoms with Crippen LogP contribution in [0.2, 0.25) is 0 Å². The summed E-state index contributed by atoms with van der Waals surface area (Å²) < 4.78 is 12.4. The van der Waals surface area contributed by atoms with Crippen LogP contribution in [-0.2, 0) is 11.4 Å². The van der Waals surface area contributed by atoms with E-state index in [1.54, 1.807) is 12.0 Å². The Labute approximate surface area is 196 Å². The number of carbonyl (C=O) groups excluding carboxylic acids is 1. The molecule has 2 N–H and O–H groups in total. The summed E-state index contributed by atoms with van der Waals surface area (Å²) in [5.74, 6) is 0.985. The lowest BCUT2D eigenvalue weighted by Crippen LogP contribution is -2.36. The van der Waals surface area contributed by atoms with Crippen molar-refractivity contribution in [2.45, 2.75) is 31.8 Å². The third-order valence-corrected chi connectivity index (χ3v) is 6.57. The normalized spacial score (nSPS) is 18.4. The zero-order chi connectivity index (χ0) is 22.8. The van der Waals surface area contributed by atoms with Crippen molar-refractivity contribution < 1.29 is 14.3 Å². The van der Waals surface area contributed by atoms with Crippen molar-refractivity contribution in [3.8, 4) is 17.6 Å². The van der Waals surface area contributed by atoms with Gasteiger partial charge in [-0.15, -0.1) is 0 Å². The summed E-state index contributed by atoms with van der Waals surface area (Å²) in [6, 6.07) is 15.8. The van der Waals surface area contributed by atoms with Gasteiger partial charge in [-0.05, 0) is 52.0 Å². The monoisotopic (exact) mass is 493 g/mol. The number of methoxy groups -OCH3 is 1. The highest BCUT2D eigenvalue weighted by Crippen LogP contribution is 2.47. The van der Waals surface area contributed by atoms with Crippen LogP contribution in [0.5, 0.6) is 11.5 Å². The lowest BCUT2D eigenvalue weighted by Gasteiger charge is -2.37. The molecule has 0 amide bonds. The minimum atomic E-state index is -0.535. The van der Waals surface area contributed by atoms with Crippen molar-refractivity contribution in [2.75, 3.05) is 14.2 Å². The Balaban J connectivity index is 1.78. The second-order valence-electron chi connectivity index (χ2n) is 7.85. The Hall–Kier alpha value is -3.24. The van der Waals surface area contributed by atoms with Gasteiger partial charge in [0, 0.05) is 24.7 Å². The zero-order valence-corrected chi connectivity index (χ0v) is 19.6. The average Bonchev–Trinajstić information content (AvgIpc) is 2.80. The molecule has 0 radical (unpaired) electrons. The van der Waals surface area contributed by atoms with E-state index in [9.17, 15) is 10.1 Å². The van der Waals surface area contributed by atoms with Gasteiger partial charge < -0.3 is 20.1 Å². The number of ether oxygens (including phenoxy) is 2. The van der Waals surface area contributed by atoms with Gasteiger partial charge in [0.1, 0.15) is 12.4 Å². The number of nitrogens with two attached hydrogens (primary N) is 1. The van der Waals surface area contributed by atoms with Gasteiger partial charge in [-0.1, -0.05) is 30.3 Å². The predicted molar refractivity (Wildman–Crippen MR) is 125 cm³/mol. The van der Waals surface area contributed by atoms with Gasteiger partial charge >= 0.3 is 0 Å². The van der Waals surface area contributed by atoms with E-state index in [1.165, 1.54) is 0 Å². The van der Waals surface area contributed by atoms with Crippen molar-refractivity contribution in [3.63, 3.8) is 0 Å². The van der Waals surface area contributed by atoms with Crippen molar-refractivity contribution in [2.24, 2.45) is 5.73 Å². The highest BCUT2D eigenvalue weighted by molar-refractivity contribution is 9.10. The molecule has 2 aromatic carbocycles. The quantitative estimate of drug-likeness (QED) is 0.645. The van der Waals surface area contributed by atoms with Gasteiger partial charge in [-0.2, -0.15) is 5.26 Å². The number of hydrogen-bond donors (Lipinski definition) is 1. The topological polar surface area (TPSA) is 88.6 Å². The van der Waals surface area contributed by atoms with Crippen LogP contribution in [0.3, 0.4) is 0 Å². The molecule has 2 aliphatic rings. The fraction of sp³-hybridized carbons (Fsp3) is 0.280. The summed E-state index contributed by atoms with van der Waals surface area (Å²) in [5, 5.41) is 9.93. The lowest BCUT2D eigenvalue weighted by molar-refractivity contribution is -0.116. The van der Waals surface area contributed by atoms with Crippen LogP contribution < -0.4 is 15.2 Å². The molecule has 2 aromatic rings. The number of allylic oxidation sites excluding steroid dienone is 3. The largest absolute Gasteiger partial charge is 0.493 e. The summed E-state index contributed by atoms with van der Waals surface area (Å²) in [6.45, 7) is 0.382. The number of Topliss-reactive ketones (excluding diaryl/α,β-unsaturated/α-hetero) is 1. The fourth-order valence-corrected chi connectivity index (χ4v) is 4.95. The van der Waals surface area contributed by atoms with Crippen LogP contribution in [0.1, 0.15) is 36.3 Å². The van der Waals surface area contributed by atoms with E-state index >= 15 is 0 Å². The van der Waals surface area contributed by atoms with Gasteiger partial charge in [0.05, 0.1) is 29.1 Å². The summed E-state index contributed by atoms with van der Waals surface area (Å²) in [4.78, 5) is 14.7. The SMILES string of the molecule is COc1cc([C@H]2C(C#N)=C(N)N(C)C3=C2C(=O)CCC3)cc(Br)c1OCc1ccccc1. The van der Waals surface area contributed by atoms with Crippen LogP contribution in [-0.4, -0.2) is 24.8 Å². The Morgan fingerprint density at radius 3 is 2.69 bits per heavy atom. The van der Waals surface area contributed by atoms with E-state index < -0.39 is 5.92 Å². The first-order valence-corrected chi connectivity index (χ1v) is 11.2. The van der Waals surface area contributed by atoms with Gasteiger partial charge in [0.15, 0.2) is 17.3 Å². The molecular formula is C25H24BrN3O3. The molecule has 6 nitrogen and oxygen atoms in total. The number of carbonyl (C=O) groups is 1. The van der Waals surface area contributed by atoms with E-state index in [2.05, 4.69) is 22.0 Å². The second kappa shape index (κ2) is 9.09. The molecule has 1 aliphatic carbocycles. The van der Waals surface area contributed by atoms with Crippen molar-refractivity contribution in [1.82, 2.24) is 4.90 Å². The number of ketones is 1. The summed E-state index contributed by atoms with van der Waals surface area (Å²) in [5.41, 5.74) is 10.0.